The number of benzene rings is 3. The first kappa shape index (κ1) is 25.0. The summed E-state index contributed by atoms with van der Waals surface area (Å²) in [6.07, 6.45) is -5.62. The second-order valence-corrected chi connectivity index (χ2v) is 9.43. The van der Waals surface area contributed by atoms with Crippen molar-refractivity contribution in [1.82, 2.24) is 15.1 Å². The van der Waals surface area contributed by atoms with Crippen molar-refractivity contribution in [3.8, 4) is 11.1 Å². The largest absolute Gasteiger partial charge is 0.416 e. The van der Waals surface area contributed by atoms with Crippen LogP contribution in [0.15, 0.2) is 78.9 Å². The zero-order valence-electron chi connectivity index (χ0n) is 19.8. The summed E-state index contributed by atoms with van der Waals surface area (Å²) in [5.41, 5.74) is 1.22. The van der Waals surface area contributed by atoms with Gasteiger partial charge in [0.05, 0.1) is 18.2 Å². The summed E-state index contributed by atoms with van der Waals surface area (Å²) in [6, 6.07) is 19.7. The van der Waals surface area contributed by atoms with Gasteiger partial charge in [0.15, 0.2) is 0 Å². The summed E-state index contributed by atoms with van der Waals surface area (Å²) < 4.78 is 53.6. The van der Waals surface area contributed by atoms with E-state index < -0.39 is 24.0 Å². The Morgan fingerprint density at radius 3 is 2.00 bits per heavy atom. The maximum atomic E-state index is 14.6. The minimum atomic E-state index is -4.43. The number of alkyl halides is 4. The fraction of sp³-hybridized carbons (Fsp3) is 0.286. The van der Waals surface area contributed by atoms with Crippen LogP contribution in [-0.4, -0.2) is 66.0 Å². The van der Waals surface area contributed by atoms with Crippen LogP contribution in [0, 0.1) is 0 Å². The van der Waals surface area contributed by atoms with Gasteiger partial charge in [-0.25, -0.2) is 4.39 Å². The van der Waals surface area contributed by atoms with Crippen LogP contribution in [0.1, 0.15) is 26.3 Å². The molecular weight excluding hydrogens is 486 g/mol. The van der Waals surface area contributed by atoms with Gasteiger partial charge in [-0.2, -0.15) is 13.2 Å². The molecule has 2 saturated heterocycles. The van der Waals surface area contributed by atoms with E-state index in [0.29, 0.717) is 35.3 Å². The molecule has 2 aliphatic heterocycles. The van der Waals surface area contributed by atoms with E-state index in [2.05, 4.69) is 5.32 Å². The van der Waals surface area contributed by atoms with E-state index >= 15 is 0 Å². The van der Waals surface area contributed by atoms with Crippen molar-refractivity contribution >= 4 is 11.8 Å². The fourth-order valence-corrected chi connectivity index (χ4v) is 4.77. The van der Waals surface area contributed by atoms with E-state index in [1.807, 2.05) is 6.07 Å². The summed E-state index contributed by atoms with van der Waals surface area (Å²) in [7, 11) is 0. The van der Waals surface area contributed by atoms with E-state index in [-0.39, 0.29) is 30.9 Å². The molecule has 0 aliphatic carbocycles. The van der Waals surface area contributed by atoms with E-state index in [1.54, 1.807) is 59.5 Å². The van der Waals surface area contributed by atoms with E-state index in [1.165, 1.54) is 11.0 Å². The van der Waals surface area contributed by atoms with Gasteiger partial charge in [-0.15, -0.1) is 0 Å². The Balaban J connectivity index is 1.14. The van der Waals surface area contributed by atoms with Gasteiger partial charge < -0.3 is 15.1 Å². The normalized spacial score (nSPS) is 20.1. The standard InChI is InChI=1S/C28H25F4N3O2/c29-24-16-35(26(36)19-5-2-1-3-6-19)17-25(24)33-23-14-34(15-23)27(37)20-11-9-18(10-12-20)21-7-4-8-22(13-21)28(30,31)32/h1-13,23-25,33H,14-17H2. The van der Waals surface area contributed by atoms with Crippen molar-refractivity contribution in [3.63, 3.8) is 0 Å². The highest BCUT2D eigenvalue weighted by molar-refractivity contribution is 5.95. The van der Waals surface area contributed by atoms with Crippen LogP contribution in [0.4, 0.5) is 17.6 Å². The monoisotopic (exact) mass is 511 g/mol. The summed E-state index contributed by atoms with van der Waals surface area (Å²) >= 11 is 0. The molecule has 2 heterocycles. The molecule has 0 spiro atoms. The quantitative estimate of drug-likeness (QED) is 0.508. The number of nitrogens with zero attached hydrogens (tertiary/aromatic N) is 2. The second-order valence-electron chi connectivity index (χ2n) is 9.43. The van der Waals surface area contributed by atoms with Gasteiger partial charge in [0.1, 0.15) is 6.17 Å². The molecule has 2 amide bonds. The molecule has 0 aromatic heterocycles. The summed E-state index contributed by atoms with van der Waals surface area (Å²) in [6.45, 7) is 1.10. The molecule has 2 aliphatic rings. The number of carbonyl (C=O) groups excluding carboxylic acids is 2. The Labute approximate surface area is 211 Å². The van der Waals surface area contributed by atoms with Crippen LogP contribution in [0.25, 0.3) is 11.1 Å². The van der Waals surface area contributed by atoms with Gasteiger partial charge in [0.25, 0.3) is 11.8 Å². The number of hydrogen-bond acceptors (Lipinski definition) is 3. The van der Waals surface area contributed by atoms with Gasteiger partial charge in [0.2, 0.25) is 0 Å². The molecule has 2 unspecified atom stereocenters. The number of carbonyl (C=O) groups is 2. The molecule has 0 saturated carbocycles. The van der Waals surface area contributed by atoms with Crippen molar-refractivity contribution in [2.75, 3.05) is 26.2 Å². The van der Waals surface area contributed by atoms with Crippen LogP contribution >= 0.6 is 0 Å². The van der Waals surface area contributed by atoms with Gasteiger partial charge in [0, 0.05) is 36.8 Å². The van der Waals surface area contributed by atoms with Crippen LogP contribution in [0.5, 0.6) is 0 Å². The van der Waals surface area contributed by atoms with Crippen molar-refractivity contribution in [2.45, 2.75) is 24.4 Å². The maximum Gasteiger partial charge on any atom is 0.416 e. The number of likely N-dealkylation sites (tertiary alicyclic amines) is 2. The Hall–Kier alpha value is -3.72. The van der Waals surface area contributed by atoms with E-state index in [0.717, 1.165) is 12.1 Å². The minimum absolute atomic E-state index is 0.0268. The van der Waals surface area contributed by atoms with Crippen LogP contribution in [0.3, 0.4) is 0 Å². The first-order valence-electron chi connectivity index (χ1n) is 12.0. The Morgan fingerprint density at radius 2 is 1.35 bits per heavy atom. The van der Waals surface area contributed by atoms with Crippen LogP contribution < -0.4 is 5.32 Å². The van der Waals surface area contributed by atoms with Crippen molar-refractivity contribution in [1.29, 1.82) is 0 Å². The molecule has 3 aromatic carbocycles. The summed E-state index contributed by atoms with van der Waals surface area (Å²) in [5.74, 6) is -0.399. The Kier molecular flexibility index (Phi) is 6.72. The van der Waals surface area contributed by atoms with Crippen LogP contribution in [0.2, 0.25) is 0 Å². The van der Waals surface area contributed by atoms with Crippen LogP contribution in [-0.2, 0) is 6.18 Å². The lowest BCUT2D eigenvalue weighted by molar-refractivity contribution is -0.137. The molecular formula is C28H25F4N3O2. The predicted octanol–water partition coefficient (Wildman–Crippen LogP) is 4.65. The SMILES string of the molecule is O=C(c1ccc(-c2cccc(C(F)(F)F)c2)cc1)N1CC(NC2CN(C(=O)c3ccccc3)CC2F)C1. The summed E-state index contributed by atoms with van der Waals surface area (Å²) in [4.78, 5) is 28.6. The average molecular weight is 512 g/mol. The smallest absolute Gasteiger partial charge is 0.335 e. The Bertz CT molecular complexity index is 1270. The lowest BCUT2D eigenvalue weighted by atomic mass is 10.00. The zero-order valence-corrected chi connectivity index (χ0v) is 19.8. The molecule has 0 bridgehead atoms. The third-order valence-corrected chi connectivity index (χ3v) is 6.83. The first-order chi connectivity index (χ1) is 17.7. The van der Waals surface area contributed by atoms with Gasteiger partial charge in [-0.05, 0) is 47.5 Å². The molecule has 5 rings (SSSR count). The van der Waals surface area contributed by atoms with Crippen molar-refractivity contribution < 1.29 is 27.2 Å². The molecule has 2 fully saturated rings. The lowest BCUT2D eigenvalue weighted by Crippen LogP contribution is -2.63. The third kappa shape index (κ3) is 5.36. The van der Waals surface area contributed by atoms with Crippen molar-refractivity contribution in [2.24, 2.45) is 0 Å². The highest BCUT2D eigenvalue weighted by Gasteiger charge is 2.40. The molecule has 5 nitrogen and oxygen atoms in total. The van der Waals surface area contributed by atoms with Gasteiger partial charge >= 0.3 is 6.18 Å². The lowest BCUT2D eigenvalue weighted by Gasteiger charge is -2.41. The molecule has 9 heteroatoms. The number of rotatable bonds is 5. The minimum Gasteiger partial charge on any atom is -0.335 e. The van der Waals surface area contributed by atoms with Gasteiger partial charge in [-0.1, -0.05) is 42.5 Å². The number of halogens is 4. The van der Waals surface area contributed by atoms with Gasteiger partial charge in [-0.3, -0.25) is 9.59 Å². The molecule has 1 N–H and O–H groups in total. The Morgan fingerprint density at radius 1 is 0.730 bits per heavy atom. The molecule has 2 atom stereocenters. The maximum absolute atomic E-state index is 14.6. The molecule has 192 valence electrons. The molecule has 3 aromatic rings. The summed E-state index contributed by atoms with van der Waals surface area (Å²) in [5, 5.41) is 3.23. The number of hydrogen-bond donors (Lipinski definition) is 1. The van der Waals surface area contributed by atoms with E-state index in [4.69, 9.17) is 0 Å². The fourth-order valence-electron chi connectivity index (χ4n) is 4.77. The number of nitrogens with one attached hydrogen (secondary N) is 1. The van der Waals surface area contributed by atoms with E-state index in [9.17, 15) is 27.2 Å². The average Bonchev–Trinajstić information content (AvgIpc) is 3.25. The highest BCUT2D eigenvalue weighted by atomic mass is 19.4. The zero-order chi connectivity index (χ0) is 26.2. The predicted molar refractivity (Wildman–Crippen MR) is 131 cm³/mol. The first-order valence-corrected chi connectivity index (χ1v) is 12.0. The topological polar surface area (TPSA) is 52.7 Å². The molecule has 37 heavy (non-hydrogen) atoms. The third-order valence-electron chi connectivity index (χ3n) is 6.83. The second kappa shape index (κ2) is 9.97. The highest BCUT2D eigenvalue weighted by Crippen LogP contribution is 2.32. The number of amides is 2. The van der Waals surface area contributed by atoms with Crippen molar-refractivity contribution in [3.05, 3.63) is 95.6 Å². The molecule has 0 radical (unpaired) electrons.